The predicted octanol–water partition coefficient (Wildman–Crippen LogP) is 3.00. The maximum absolute atomic E-state index is 13.2. The molecule has 7 heteroatoms. The van der Waals surface area contributed by atoms with Gasteiger partial charge in [0, 0.05) is 0 Å². The highest BCUT2D eigenvalue weighted by atomic mass is 35.5. The van der Waals surface area contributed by atoms with E-state index < -0.39 is 23.4 Å². The molecule has 2 amide bonds. The Bertz CT molecular complexity index is 767. The summed E-state index contributed by atoms with van der Waals surface area (Å²) in [6.07, 6.45) is 0. The van der Waals surface area contributed by atoms with Gasteiger partial charge in [0.25, 0.3) is 11.8 Å². The van der Waals surface area contributed by atoms with Gasteiger partial charge in [0.05, 0.1) is 27.5 Å². The summed E-state index contributed by atoms with van der Waals surface area (Å²) in [5.74, 6) is -3.86. The van der Waals surface area contributed by atoms with Crippen LogP contribution in [-0.4, -0.2) is 11.8 Å². The number of anilines is 2. The maximum atomic E-state index is 13.2. The Hall–Kier alpha value is -2.47. The fourth-order valence-corrected chi connectivity index (χ4v) is 2.30. The zero-order valence-corrected chi connectivity index (χ0v) is 11.1. The minimum absolute atomic E-state index is 0.168. The van der Waals surface area contributed by atoms with E-state index >= 15 is 0 Å². The van der Waals surface area contributed by atoms with Gasteiger partial charge in [0.1, 0.15) is 0 Å². The molecule has 4 nitrogen and oxygen atoms in total. The highest BCUT2D eigenvalue weighted by molar-refractivity contribution is 6.36. The number of fused-ring (bicyclic) bond motifs is 1. The second kappa shape index (κ2) is 4.53. The van der Waals surface area contributed by atoms with Crippen LogP contribution in [-0.2, 0) is 0 Å². The number of halogens is 3. The molecule has 0 saturated carbocycles. The highest BCUT2D eigenvalue weighted by Crippen LogP contribution is 2.32. The van der Waals surface area contributed by atoms with Gasteiger partial charge in [-0.1, -0.05) is 11.6 Å². The van der Waals surface area contributed by atoms with Crippen molar-refractivity contribution in [3.8, 4) is 0 Å². The van der Waals surface area contributed by atoms with E-state index in [1.165, 1.54) is 18.2 Å². The minimum atomic E-state index is -1.19. The van der Waals surface area contributed by atoms with Crippen LogP contribution in [0.1, 0.15) is 20.7 Å². The number of nitrogens with zero attached hydrogens (tertiary/aromatic N) is 1. The van der Waals surface area contributed by atoms with Crippen molar-refractivity contribution in [3.05, 3.63) is 58.1 Å². The number of benzene rings is 2. The zero-order valence-electron chi connectivity index (χ0n) is 10.4. The van der Waals surface area contributed by atoms with Crippen LogP contribution < -0.4 is 10.6 Å². The zero-order chi connectivity index (χ0) is 15.3. The second-order valence-electron chi connectivity index (χ2n) is 4.46. The molecule has 1 aliphatic rings. The summed E-state index contributed by atoms with van der Waals surface area (Å²) in [7, 11) is 0. The first-order chi connectivity index (χ1) is 9.90. The number of nitrogen functional groups attached to an aromatic ring is 1. The van der Waals surface area contributed by atoms with Crippen LogP contribution in [0.15, 0.2) is 30.3 Å². The van der Waals surface area contributed by atoms with E-state index in [2.05, 4.69) is 0 Å². The third-order valence-electron chi connectivity index (χ3n) is 3.17. The lowest BCUT2D eigenvalue weighted by Gasteiger charge is -2.14. The van der Waals surface area contributed by atoms with E-state index in [9.17, 15) is 18.4 Å². The molecule has 0 aromatic heterocycles. The molecular formula is C14H7ClF2N2O2. The lowest BCUT2D eigenvalue weighted by molar-refractivity contribution is 0.0926. The van der Waals surface area contributed by atoms with Gasteiger partial charge in [0.15, 0.2) is 11.6 Å². The van der Waals surface area contributed by atoms with Crippen molar-refractivity contribution in [1.82, 2.24) is 0 Å². The fraction of sp³-hybridized carbons (Fsp3) is 0. The number of rotatable bonds is 1. The van der Waals surface area contributed by atoms with Crippen molar-refractivity contribution < 1.29 is 18.4 Å². The molecule has 2 aromatic carbocycles. The molecule has 0 atom stereocenters. The average Bonchev–Trinajstić information content (AvgIpc) is 2.66. The summed E-state index contributed by atoms with van der Waals surface area (Å²) in [6, 6.07) is 5.62. The maximum Gasteiger partial charge on any atom is 0.266 e. The first-order valence-electron chi connectivity index (χ1n) is 5.83. The summed E-state index contributed by atoms with van der Waals surface area (Å²) in [5, 5.41) is 0.168. The van der Waals surface area contributed by atoms with E-state index in [4.69, 9.17) is 17.3 Å². The van der Waals surface area contributed by atoms with Crippen LogP contribution in [0.25, 0.3) is 0 Å². The van der Waals surface area contributed by atoms with E-state index in [-0.39, 0.29) is 27.5 Å². The van der Waals surface area contributed by atoms with Crippen molar-refractivity contribution in [2.45, 2.75) is 0 Å². The van der Waals surface area contributed by atoms with Gasteiger partial charge < -0.3 is 5.73 Å². The van der Waals surface area contributed by atoms with Gasteiger partial charge in [-0.15, -0.1) is 0 Å². The van der Waals surface area contributed by atoms with Gasteiger partial charge in [-0.2, -0.15) is 0 Å². The molecule has 0 aliphatic carbocycles. The number of hydrogen-bond acceptors (Lipinski definition) is 3. The van der Waals surface area contributed by atoms with Crippen molar-refractivity contribution in [3.63, 3.8) is 0 Å². The Balaban J connectivity index is 2.13. The number of amides is 2. The van der Waals surface area contributed by atoms with Crippen LogP contribution in [0.4, 0.5) is 20.2 Å². The number of imide groups is 1. The molecule has 0 bridgehead atoms. The normalized spacial score (nSPS) is 13.8. The molecule has 0 saturated heterocycles. The van der Waals surface area contributed by atoms with E-state index in [0.29, 0.717) is 12.1 Å². The molecule has 106 valence electrons. The Kier molecular flexibility index (Phi) is 2.91. The first kappa shape index (κ1) is 13.5. The Morgan fingerprint density at radius 1 is 0.952 bits per heavy atom. The van der Waals surface area contributed by atoms with E-state index in [0.717, 1.165) is 4.90 Å². The molecule has 21 heavy (non-hydrogen) atoms. The van der Waals surface area contributed by atoms with Gasteiger partial charge in [0.2, 0.25) is 0 Å². The van der Waals surface area contributed by atoms with Crippen LogP contribution in [0.2, 0.25) is 5.02 Å². The second-order valence-corrected chi connectivity index (χ2v) is 4.87. The first-order valence-corrected chi connectivity index (χ1v) is 6.21. The smallest absolute Gasteiger partial charge is 0.266 e. The molecule has 3 rings (SSSR count). The third kappa shape index (κ3) is 1.95. The topological polar surface area (TPSA) is 63.4 Å². The Morgan fingerprint density at radius 2 is 1.48 bits per heavy atom. The van der Waals surface area contributed by atoms with Crippen molar-refractivity contribution >= 4 is 34.8 Å². The fourth-order valence-electron chi connectivity index (χ4n) is 2.12. The standard InChI is InChI=1S/C14H7ClF2N2O2/c15-9-3-6(1-2-12(9)18)19-13(20)7-4-10(16)11(17)5-8(7)14(19)21/h1-5H,18H2. The summed E-state index contributed by atoms with van der Waals surface area (Å²) in [6.45, 7) is 0. The molecule has 0 unspecified atom stereocenters. The van der Waals surface area contributed by atoms with Gasteiger partial charge in [-0.3, -0.25) is 9.59 Å². The minimum Gasteiger partial charge on any atom is -0.398 e. The average molecular weight is 309 g/mol. The summed E-state index contributed by atoms with van der Waals surface area (Å²) in [4.78, 5) is 25.2. The SMILES string of the molecule is Nc1ccc(N2C(=O)c3cc(F)c(F)cc3C2=O)cc1Cl. The largest absolute Gasteiger partial charge is 0.398 e. The van der Waals surface area contributed by atoms with Crippen LogP contribution in [0.5, 0.6) is 0 Å². The van der Waals surface area contributed by atoms with Gasteiger partial charge in [-0.05, 0) is 30.3 Å². The number of hydrogen-bond donors (Lipinski definition) is 1. The molecule has 0 fully saturated rings. The lowest BCUT2D eigenvalue weighted by atomic mass is 10.1. The van der Waals surface area contributed by atoms with Gasteiger partial charge >= 0.3 is 0 Å². The van der Waals surface area contributed by atoms with Crippen molar-refractivity contribution in [2.75, 3.05) is 10.6 Å². The van der Waals surface area contributed by atoms with Crippen LogP contribution >= 0.6 is 11.6 Å². The lowest BCUT2D eigenvalue weighted by Crippen LogP contribution is -2.29. The summed E-state index contributed by atoms with van der Waals surface area (Å²) in [5.41, 5.74) is 5.65. The summed E-state index contributed by atoms with van der Waals surface area (Å²) < 4.78 is 26.5. The van der Waals surface area contributed by atoms with Crippen molar-refractivity contribution in [2.24, 2.45) is 0 Å². The molecule has 1 heterocycles. The number of carbonyl (C=O) groups excluding carboxylic acids is 2. The quantitative estimate of drug-likeness (QED) is 0.650. The molecule has 2 N–H and O–H groups in total. The Morgan fingerprint density at radius 3 is 1.95 bits per heavy atom. The molecule has 1 aliphatic heterocycles. The summed E-state index contributed by atoms with van der Waals surface area (Å²) >= 11 is 5.86. The predicted molar refractivity (Wildman–Crippen MR) is 73.4 cm³/mol. The Labute approximate surface area is 122 Å². The monoisotopic (exact) mass is 308 g/mol. The number of nitrogens with two attached hydrogens (primary N) is 1. The molecule has 2 aromatic rings. The van der Waals surface area contributed by atoms with Crippen LogP contribution in [0.3, 0.4) is 0 Å². The van der Waals surface area contributed by atoms with E-state index in [1.807, 2.05) is 0 Å². The van der Waals surface area contributed by atoms with E-state index in [1.54, 1.807) is 0 Å². The molecular weight excluding hydrogens is 302 g/mol. The number of carbonyl (C=O) groups is 2. The van der Waals surface area contributed by atoms with Crippen LogP contribution in [0, 0.1) is 11.6 Å². The molecule has 0 spiro atoms. The van der Waals surface area contributed by atoms with Crippen molar-refractivity contribution in [1.29, 1.82) is 0 Å². The van der Waals surface area contributed by atoms with Gasteiger partial charge in [-0.25, -0.2) is 13.7 Å². The molecule has 0 radical (unpaired) electrons. The highest BCUT2D eigenvalue weighted by Gasteiger charge is 2.38. The third-order valence-corrected chi connectivity index (χ3v) is 3.50.